The van der Waals surface area contributed by atoms with Crippen molar-refractivity contribution >= 4 is 17.3 Å². The molecule has 1 aromatic heterocycles. The molecule has 1 aromatic rings. The lowest BCUT2D eigenvalue weighted by Gasteiger charge is -2.19. The van der Waals surface area contributed by atoms with Crippen molar-refractivity contribution in [2.45, 2.75) is 20.0 Å². The van der Waals surface area contributed by atoms with Crippen LogP contribution in [-0.2, 0) is 0 Å². The van der Waals surface area contributed by atoms with Crippen LogP contribution < -0.4 is 10.2 Å². The lowest BCUT2D eigenvalue weighted by molar-refractivity contribution is -0.383. The van der Waals surface area contributed by atoms with Gasteiger partial charge in [0.1, 0.15) is 6.33 Å². The molecular weight excluding hydrogens is 238 g/mol. The van der Waals surface area contributed by atoms with Crippen LogP contribution in [0, 0.1) is 10.1 Å². The highest BCUT2D eigenvalue weighted by atomic mass is 16.6. The molecule has 0 amide bonds. The van der Waals surface area contributed by atoms with E-state index >= 15 is 0 Å². The van der Waals surface area contributed by atoms with Gasteiger partial charge in [-0.1, -0.05) is 0 Å². The lowest BCUT2D eigenvalue weighted by atomic mass is 10.3. The minimum absolute atomic E-state index is 0.178. The van der Waals surface area contributed by atoms with Crippen LogP contribution in [0.5, 0.6) is 0 Å². The van der Waals surface area contributed by atoms with Crippen molar-refractivity contribution in [1.29, 1.82) is 0 Å². The van der Waals surface area contributed by atoms with Crippen LogP contribution in [0.25, 0.3) is 0 Å². The van der Waals surface area contributed by atoms with Crippen LogP contribution in [0.4, 0.5) is 17.3 Å². The Morgan fingerprint density at radius 3 is 2.78 bits per heavy atom. The van der Waals surface area contributed by atoms with Crippen molar-refractivity contribution in [3.8, 4) is 0 Å². The first-order chi connectivity index (χ1) is 8.47. The third kappa shape index (κ3) is 3.27. The third-order valence-electron chi connectivity index (χ3n) is 2.23. The molecule has 0 aromatic carbocycles. The zero-order valence-electron chi connectivity index (χ0n) is 10.6. The Morgan fingerprint density at radius 2 is 2.28 bits per heavy atom. The Balaban J connectivity index is 3.17. The number of nitro groups is 1. The highest BCUT2D eigenvalue weighted by Crippen LogP contribution is 2.30. The fourth-order valence-corrected chi connectivity index (χ4v) is 1.60. The summed E-state index contributed by atoms with van der Waals surface area (Å²) in [6.45, 7) is 4.21. The van der Waals surface area contributed by atoms with Gasteiger partial charge in [0.15, 0.2) is 0 Å². The number of nitrogens with zero attached hydrogens (tertiary/aromatic N) is 4. The summed E-state index contributed by atoms with van der Waals surface area (Å²) in [7, 11) is 1.64. The molecule has 0 bridgehead atoms. The van der Waals surface area contributed by atoms with E-state index in [4.69, 9.17) is 0 Å². The summed E-state index contributed by atoms with van der Waals surface area (Å²) in [6.07, 6.45) is 0.658. The zero-order valence-corrected chi connectivity index (χ0v) is 10.6. The molecular formula is C10H17N5O3. The smallest absolute Gasteiger partial charge is 0.353 e. The van der Waals surface area contributed by atoms with Gasteiger partial charge in [-0.2, -0.15) is 0 Å². The van der Waals surface area contributed by atoms with E-state index in [0.29, 0.717) is 6.54 Å². The molecule has 0 aliphatic heterocycles. The van der Waals surface area contributed by atoms with Crippen LogP contribution in [0.1, 0.15) is 13.8 Å². The molecule has 1 heterocycles. The Bertz CT molecular complexity index is 424. The molecule has 8 nitrogen and oxygen atoms in total. The summed E-state index contributed by atoms with van der Waals surface area (Å²) >= 11 is 0. The second-order valence-electron chi connectivity index (χ2n) is 3.91. The van der Waals surface area contributed by atoms with Crippen molar-refractivity contribution in [2.75, 3.05) is 30.4 Å². The number of hydrogen-bond acceptors (Lipinski definition) is 7. The van der Waals surface area contributed by atoms with Gasteiger partial charge in [0.25, 0.3) is 0 Å². The van der Waals surface area contributed by atoms with E-state index in [1.807, 2.05) is 6.92 Å². The second kappa shape index (κ2) is 6.10. The molecule has 18 heavy (non-hydrogen) atoms. The minimum atomic E-state index is -0.604. The van der Waals surface area contributed by atoms with Gasteiger partial charge in [-0.15, -0.1) is 0 Å². The van der Waals surface area contributed by atoms with Gasteiger partial charge >= 0.3 is 5.69 Å². The van der Waals surface area contributed by atoms with E-state index < -0.39 is 11.0 Å². The quantitative estimate of drug-likeness (QED) is 0.567. The van der Waals surface area contributed by atoms with E-state index in [2.05, 4.69) is 15.3 Å². The largest absolute Gasteiger partial charge is 0.392 e. The molecule has 0 fully saturated rings. The summed E-state index contributed by atoms with van der Waals surface area (Å²) in [6, 6.07) is 0. The highest BCUT2D eigenvalue weighted by Gasteiger charge is 2.25. The molecule has 0 saturated carbocycles. The van der Waals surface area contributed by atoms with Gasteiger partial charge in [0.2, 0.25) is 11.6 Å². The molecule has 0 saturated heterocycles. The first-order valence-corrected chi connectivity index (χ1v) is 5.59. The van der Waals surface area contributed by atoms with Crippen LogP contribution in [0.2, 0.25) is 0 Å². The Kier molecular flexibility index (Phi) is 4.78. The SMILES string of the molecule is CCNc1ncnc(N(C)CC(C)O)c1[N+](=O)[O-]. The number of aliphatic hydroxyl groups is 1. The second-order valence-corrected chi connectivity index (χ2v) is 3.91. The summed E-state index contributed by atoms with van der Waals surface area (Å²) in [4.78, 5) is 19.9. The highest BCUT2D eigenvalue weighted by molar-refractivity contribution is 5.70. The molecule has 1 rings (SSSR count). The number of anilines is 2. The summed E-state index contributed by atoms with van der Waals surface area (Å²) in [5, 5.41) is 23.2. The average molecular weight is 255 g/mol. The van der Waals surface area contributed by atoms with Crippen LogP contribution in [0.15, 0.2) is 6.33 Å². The summed E-state index contributed by atoms with van der Waals surface area (Å²) in [5.74, 6) is 0.372. The monoisotopic (exact) mass is 255 g/mol. The number of aliphatic hydroxyl groups excluding tert-OH is 1. The van der Waals surface area contributed by atoms with Gasteiger partial charge < -0.3 is 15.3 Å². The molecule has 1 unspecified atom stereocenters. The van der Waals surface area contributed by atoms with E-state index in [-0.39, 0.29) is 23.9 Å². The van der Waals surface area contributed by atoms with Crippen molar-refractivity contribution < 1.29 is 10.0 Å². The maximum absolute atomic E-state index is 11.1. The molecule has 1 atom stereocenters. The molecule has 100 valence electrons. The summed E-state index contributed by atoms with van der Waals surface area (Å²) < 4.78 is 0. The number of hydrogen-bond donors (Lipinski definition) is 2. The van der Waals surface area contributed by atoms with Gasteiger partial charge in [0, 0.05) is 20.1 Å². The number of likely N-dealkylation sites (N-methyl/N-ethyl adjacent to an activating group) is 1. The normalized spacial score (nSPS) is 12.0. The van der Waals surface area contributed by atoms with E-state index in [1.165, 1.54) is 11.2 Å². The molecule has 0 aliphatic carbocycles. The number of aromatic nitrogens is 2. The summed E-state index contributed by atoms with van der Waals surface area (Å²) in [5.41, 5.74) is -0.178. The Labute approximate surface area is 105 Å². The van der Waals surface area contributed by atoms with Crippen molar-refractivity contribution in [3.05, 3.63) is 16.4 Å². The third-order valence-corrected chi connectivity index (χ3v) is 2.23. The van der Waals surface area contributed by atoms with Crippen LogP contribution in [-0.4, -0.2) is 46.2 Å². The zero-order chi connectivity index (χ0) is 13.7. The van der Waals surface area contributed by atoms with Crippen molar-refractivity contribution in [3.63, 3.8) is 0 Å². The molecule has 2 N–H and O–H groups in total. The Hall–Kier alpha value is -1.96. The van der Waals surface area contributed by atoms with Gasteiger partial charge in [-0.25, -0.2) is 9.97 Å². The average Bonchev–Trinajstić information content (AvgIpc) is 2.27. The molecule has 8 heteroatoms. The molecule has 0 radical (unpaired) electrons. The molecule has 0 aliphatic rings. The Morgan fingerprint density at radius 1 is 1.61 bits per heavy atom. The van der Waals surface area contributed by atoms with E-state index in [0.717, 1.165) is 0 Å². The maximum Gasteiger partial charge on any atom is 0.353 e. The standard InChI is InChI=1S/C10H17N5O3/c1-4-11-9-8(15(17)18)10(13-6-12-9)14(3)5-7(2)16/h6-7,16H,4-5H2,1-3H3,(H,11,12,13). The van der Waals surface area contributed by atoms with E-state index in [1.54, 1.807) is 14.0 Å². The van der Waals surface area contributed by atoms with Crippen molar-refractivity contribution in [1.82, 2.24) is 9.97 Å². The fourth-order valence-electron chi connectivity index (χ4n) is 1.60. The number of nitrogens with one attached hydrogen (secondary N) is 1. The maximum atomic E-state index is 11.1. The van der Waals surface area contributed by atoms with Crippen LogP contribution in [0.3, 0.4) is 0 Å². The van der Waals surface area contributed by atoms with E-state index in [9.17, 15) is 15.2 Å². The minimum Gasteiger partial charge on any atom is -0.392 e. The lowest BCUT2D eigenvalue weighted by Crippen LogP contribution is -2.28. The number of rotatable bonds is 6. The van der Waals surface area contributed by atoms with Gasteiger partial charge in [-0.05, 0) is 13.8 Å². The van der Waals surface area contributed by atoms with Crippen molar-refractivity contribution in [2.24, 2.45) is 0 Å². The topological polar surface area (TPSA) is 104 Å². The first-order valence-electron chi connectivity index (χ1n) is 5.59. The predicted molar refractivity (Wildman–Crippen MR) is 67.8 cm³/mol. The van der Waals surface area contributed by atoms with Gasteiger partial charge in [-0.3, -0.25) is 10.1 Å². The predicted octanol–water partition coefficient (Wildman–Crippen LogP) is 0.634. The molecule has 0 spiro atoms. The first kappa shape index (κ1) is 14.1. The van der Waals surface area contributed by atoms with Crippen LogP contribution >= 0.6 is 0 Å². The van der Waals surface area contributed by atoms with Gasteiger partial charge in [0.05, 0.1) is 11.0 Å². The fraction of sp³-hybridized carbons (Fsp3) is 0.600.